The number of carboxylic acids is 1. The van der Waals surface area contributed by atoms with Crippen LogP contribution in [-0.4, -0.2) is 23.1 Å². The monoisotopic (exact) mass is 308 g/mol. The second kappa shape index (κ2) is 5.56. The number of carbonyl (C=O) groups excluding carboxylic acids is 1. The van der Waals surface area contributed by atoms with Crippen LogP contribution < -0.4 is 10.6 Å². The second-order valence-electron chi connectivity index (χ2n) is 5.80. The van der Waals surface area contributed by atoms with Crippen LogP contribution in [-0.2, 0) is 0 Å². The minimum atomic E-state index is -1.08. The van der Waals surface area contributed by atoms with Crippen molar-refractivity contribution in [3.05, 3.63) is 28.8 Å². The van der Waals surface area contributed by atoms with Crippen LogP contribution >= 0.6 is 11.6 Å². The number of hydrogen-bond donors (Lipinski definition) is 3. The summed E-state index contributed by atoms with van der Waals surface area (Å²) in [5, 5.41) is 14.8. The molecule has 5 nitrogen and oxygen atoms in total. The number of aromatic carboxylic acids is 1. The zero-order valence-electron chi connectivity index (χ0n) is 11.4. The standard InChI is InChI=1S/C15H17ClN2O3/c16-12-7-10(5-6-11(12)14(19)20)17-15(21)18-13(8-1-2-8)9-3-4-9/h5-9,13H,1-4H2,(H,19,20)(H2,17,18,21). The number of rotatable bonds is 5. The van der Waals surface area contributed by atoms with Gasteiger partial charge in [-0.1, -0.05) is 11.6 Å². The van der Waals surface area contributed by atoms with E-state index in [0.29, 0.717) is 17.5 Å². The first-order valence-electron chi connectivity index (χ1n) is 7.15. The van der Waals surface area contributed by atoms with E-state index in [-0.39, 0.29) is 22.7 Å². The van der Waals surface area contributed by atoms with Crippen molar-refractivity contribution in [2.24, 2.45) is 11.8 Å². The van der Waals surface area contributed by atoms with Crippen molar-refractivity contribution < 1.29 is 14.7 Å². The maximum absolute atomic E-state index is 12.0. The molecular formula is C15H17ClN2O3. The van der Waals surface area contributed by atoms with Gasteiger partial charge in [0.2, 0.25) is 0 Å². The minimum Gasteiger partial charge on any atom is -0.478 e. The molecule has 6 heteroatoms. The van der Waals surface area contributed by atoms with E-state index in [1.165, 1.54) is 43.9 Å². The molecule has 0 atom stereocenters. The maximum Gasteiger partial charge on any atom is 0.337 e. The summed E-state index contributed by atoms with van der Waals surface area (Å²) < 4.78 is 0. The van der Waals surface area contributed by atoms with Crippen LogP contribution in [0.15, 0.2) is 18.2 Å². The van der Waals surface area contributed by atoms with E-state index in [1.54, 1.807) is 0 Å². The highest BCUT2D eigenvalue weighted by Gasteiger charge is 2.42. The number of anilines is 1. The summed E-state index contributed by atoms with van der Waals surface area (Å²) in [5.41, 5.74) is 0.518. The molecule has 0 unspecified atom stereocenters. The fourth-order valence-corrected chi connectivity index (χ4v) is 2.88. The highest BCUT2D eigenvalue weighted by Crippen LogP contribution is 2.44. The van der Waals surface area contributed by atoms with Crippen LogP contribution in [0.5, 0.6) is 0 Å². The Morgan fingerprint density at radius 3 is 2.29 bits per heavy atom. The van der Waals surface area contributed by atoms with E-state index in [0.717, 1.165) is 0 Å². The van der Waals surface area contributed by atoms with Crippen molar-refractivity contribution >= 4 is 29.3 Å². The fraction of sp³-hybridized carbons (Fsp3) is 0.467. The number of amides is 2. The van der Waals surface area contributed by atoms with Crippen molar-refractivity contribution in [3.8, 4) is 0 Å². The van der Waals surface area contributed by atoms with Gasteiger partial charge < -0.3 is 15.7 Å². The molecule has 2 fully saturated rings. The van der Waals surface area contributed by atoms with Gasteiger partial charge >= 0.3 is 12.0 Å². The molecular weight excluding hydrogens is 292 g/mol. The molecule has 0 bridgehead atoms. The Morgan fingerprint density at radius 1 is 1.19 bits per heavy atom. The SMILES string of the molecule is O=C(Nc1ccc(C(=O)O)c(Cl)c1)NC(C1CC1)C1CC1. The highest BCUT2D eigenvalue weighted by atomic mass is 35.5. The van der Waals surface area contributed by atoms with Crippen molar-refractivity contribution in [1.29, 1.82) is 0 Å². The van der Waals surface area contributed by atoms with Gasteiger partial charge in [0, 0.05) is 11.7 Å². The number of carboxylic acid groups (broad SMARTS) is 1. The van der Waals surface area contributed by atoms with Crippen molar-refractivity contribution in [1.82, 2.24) is 5.32 Å². The number of hydrogen-bond acceptors (Lipinski definition) is 2. The largest absolute Gasteiger partial charge is 0.478 e. The molecule has 0 aliphatic heterocycles. The Balaban J connectivity index is 1.61. The normalized spacial score (nSPS) is 17.6. The van der Waals surface area contributed by atoms with Crippen LogP contribution in [0.4, 0.5) is 10.5 Å². The van der Waals surface area contributed by atoms with Crippen molar-refractivity contribution in [2.75, 3.05) is 5.32 Å². The van der Waals surface area contributed by atoms with E-state index in [2.05, 4.69) is 10.6 Å². The topological polar surface area (TPSA) is 78.4 Å². The zero-order valence-corrected chi connectivity index (χ0v) is 12.2. The number of urea groups is 1. The van der Waals surface area contributed by atoms with E-state index < -0.39 is 5.97 Å². The molecule has 2 aliphatic carbocycles. The summed E-state index contributed by atoms with van der Waals surface area (Å²) in [7, 11) is 0. The fourth-order valence-electron chi connectivity index (χ4n) is 2.62. The molecule has 112 valence electrons. The van der Waals surface area contributed by atoms with Crippen LogP contribution in [0, 0.1) is 11.8 Å². The summed E-state index contributed by atoms with van der Waals surface area (Å²) in [6, 6.07) is 4.41. The molecule has 2 amide bonds. The lowest BCUT2D eigenvalue weighted by atomic mass is 10.1. The van der Waals surface area contributed by atoms with Crippen LogP contribution in [0.3, 0.4) is 0 Å². The maximum atomic E-state index is 12.0. The Kier molecular flexibility index (Phi) is 3.76. The van der Waals surface area contributed by atoms with Gasteiger partial charge in [-0.05, 0) is 55.7 Å². The van der Waals surface area contributed by atoms with Gasteiger partial charge in [-0.25, -0.2) is 9.59 Å². The highest BCUT2D eigenvalue weighted by molar-refractivity contribution is 6.33. The molecule has 0 saturated heterocycles. The zero-order chi connectivity index (χ0) is 15.0. The Labute approximate surface area is 127 Å². The lowest BCUT2D eigenvalue weighted by Gasteiger charge is -2.18. The molecule has 0 spiro atoms. The predicted octanol–water partition coefficient (Wildman–Crippen LogP) is 3.35. The average Bonchev–Trinajstić information content (AvgIpc) is 3.27. The second-order valence-corrected chi connectivity index (χ2v) is 6.21. The average molecular weight is 309 g/mol. The van der Waals surface area contributed by atoms with E-state index in [9.17, 15) is 9.59 Å². The third kappa shape index (κ3) is 3.47. The predicted molar refractivity (Wildman–Crippen MR) is 79.8 cm³/mol. The lowest BCUT2D eigenvalue weighted by Crippen LogP contribution is -2.40. The van der Waals surface area contributed by atoms with Gasteiger partial charge in [0.1, 0.15) is 0 Å². The smallest absolute Gasteiger partial charge is 0.337 e. The molecule has 0 aromatic heterocycles. The van der Waals surface area contributed by atoms with E-state index in [1.807, 2.05) is 0 Å². The van der Waals surface area contributed by atoms with Crippen molar-refractivity contribution in [3.63, 3.8) is 0 Å². The number of nitrogens with one attached hydrogen (secondary N) is 2. The molecule has 0 radical (unpaired) electrons. The number of benzene rings is 1. The molecule has 3 rings (SSSR count). The Morgan fingerprint density at radius 2 is 1.81 bits per heavy atom. The molecule has 3 N–H and O–H groups in total. The number of carbonyl (C=O) groups is 2. The van der Waals surface area contributed by atoms with Gasteiger partial charge in [0.15, 0.2) is 0 Å². The van der Waals surface area contributed by atoms with Gasteiger partial charge in [-0.2, -0.15) is 0 Å². The first-order chi connectivity index (χ1) is 10.0. The van der Waals surface area contributed by atoms with Crippen LogP contribution in [0.2, 0.25) is 5.02 Å². The van der Waals surface area contributed by atoms with Crippen LogP contribution in [0.1, 0.15) is 36.0 Å². The molecule has 21 heavy (non-hydrogen) atoms. The summed E-state index contributed by atoms with van der Waals surface area (Å²) in [5.74, 6) is 0.168. The first-order valence-corrected chi connectivity index (χ1v) is 7.53. The van der Waals surface area contributed by atoms with Crippen molar-refractivity contribution in [2.45, 2.75) is 31.7 Å². The number of halogens is 1. The molecule has 1 aromatic carbocycles. The summed E-state index contributed by atoms with van der Waals surface area (Å²) in [6.07, 6.45) is 4.78. The van der Waals surface area contributed by atoms with E-state index in [4.69, 9.17) is 16.7 Å². The summed E-state index contributed by atoms with van der Waals surface area (Å²) in [4.78, 5) is 22.9. The van der Waals surface area contributed by atoms with Gasteiger partial charge in [0.05, 0.1) is 10.6 Å². The first kappa shape index (κ1) is 14.2. The van der Waals surface area contributed by atoms with Gasteiger partial charge in [-0.3, -0.25) is 0 Å². The van der Waals surface area contributed by atoms with E-state index >= 15 is 0 Å². The van der Waals surface area contributed by atoms with Crippen LogP contribution in [0.25, 0.3) is 0 Å². The minimum absolute atomic E-state index is 0.0245. The third-order valence-corrected chi connectivity index (χ3v) is 4.33. The van der Waals surface area contributed by atoms with Gasteiger partial charge in [0.25, 0.3) is 0 Å². The molecule has 2 saturated carbocycles. The molecule has 1 aromatic rings. The Bertz CT molecular complexity index is 570. The Hall–Kier alpha value is -1.75. The quantitative estimate of drug-likeness (QED) is 0.780. The third-order valence-electron chi connectivity index (χ3n) is 4.01. The lowest BCUT2D eigenvalue weighted by molar-refractivity contribution is 0.0697. The molecule has 2 aliphatic rings. The summed E-state index contributed by atoms with van der Waals surface area (Å²) in [6.45, 7) is 0. The molecule has 0 heterocycles. The van der Waals surface area contributed by atoms with Gasteiger partial charge in [-0.15, -0.1) is 0 Å². The summed E-state index contributed by atoms with van der Waals surface area (Å²) >= 11 is 5.88.